The molecule has 10 heteroatoms. The first-order chi connectivity index (χ1) is 12.7. The number of amides is 1. The van der Waals surface area contributed by atoms with E-state index in [1.807, 2.05) is 0 Å². The van der Waals surface area contributed by atoms with Crippen molar-refractivity contribution in [2.24, 2.45) is 0 Å². The van der Waals surface area contributed by atoms with Crippen LogP contribution in [0.4, 0.5) is 11.5 Å². The van der Waals surface area contributed by atoms with Crippen LogP contribution in [0.1, 0.15) is 20.8 Å². The highest BCUT2D eigenvalue weighted by Gasteiger charge is 2.19. The highest BCUT2D eigenvalue weighted by atomic mass is 35.5. The molecule has 7 nitrogen and oxygen atoms in total. The van der Waals surface area contributed by atoms with E-state index in [-0.39, 0.29) is 32.0 Å². The number of benzene rings is 1. The predicted molar refractivity (Wildman–Crippen MR) is 106 cm³/mol. The Morgan fingerprint density at radius 3 is 2.37 bits per heavy atom. The van der Waals surface area contributed by atoms with Gasteiger partial charge in [0.1, 0.15) is 11.5 Å². The number of aromatic carboxylic acids is 1. The van der Waals surface area contributed by atoms with Crippen molar-refractivity contribution < 1.29 is 19.4 Å². The van der Waals surface area contributed by atoms with Crippen LogP contribution in [-0.4, -0.2) is 49.3 Å². The van der Waals surface area contributed by atoms with Crippen LogP contribution in [0.2, 0.25) is 15.1 Å². The van der Waals surface area contributed by atoms with Gasteiger partial charge in [0.2, 0.25) is 0 Å². The summed E-state index contributed by atoms with van der Waals surface area (Å²) in [5, 5.41) is 11.7. The molecule has 0 fully saturated rings. The number of carboxylic acid groups (broad SMARTS) is 1. The maximum absolute atomic E-state index is 12.6. The van der Waals surface area contributed by atoms with Crippen molar-refractivity contribution in [2.75, 3.05) is 37.5 Å². The normalized spacial score (nSPS) is 10.6. The second-order valence-corrected chi connectivity index (χ2v) is 6.71. The molecule has 1 amide bonds. The average molecular weight is 433 g/mol. The molecule has 0 saturated carbocycles. The molecule has 0 saturated heterocycles. The van der Waals surface area contributed by atoms with Gasteiger partial charge >= 0.3 is 5.97 Å². The number of nitrogens with one attached hydrogen (secondary N) is 1. The Bertz CT molecular complexity index is 853. The van der Waals surface area contributed by atoms with Crippen molar-refractivity contribution in [1.82, 2.24) is 4.98 Å². The number of carbonyl (C=O) groups is 2. The number of carboxylic acids is 1. The van der Waals surface area contributed by atoms with Crippen molar-refractivity contribution in [3.63, 3.8) is 0 Å². The number of carbonyl (C=O) groups excluding carboxylic acids is 1. The first-order valence-corrected chi connectivity index (χ1v) is 8.78. The van der Waals surface area contributed by atoms with Crippen LogP contribution in [0, 0.1) is 0 Å². The molecule has 2 aromatic rings. The molecule has 0 radical (unpaired) electrons. The molecule has 0 atom stereocenters. The van der Waals surface area contributed by atoms with E-state index < -0.39 is 11.9 Å². The lowest BCUT2D eigenvalue weighted by atomic mass is 10.2. The highest BCUT2D eigenvalue weighted by molar-refractivity contribution is 6.41. The Morgan fingerprint density at radius 2 is 1.81 bits per heavy atom. The van der Waals surface area contributed by atoms with E-state index in [9.17, 15) is 9.59 Å². The van der Waals surface area contributed by atoms with Crippen molar-refractivity contribution >= 4 is 58.2 Å². The zero-order valence-electron chi connectivity index (χ0n) is 14.4. The third-order valence-electron chi connectivity index (χ3n) is 3.60. The molecular weight excluding hydrogens is 417 g/mol. The number of methoxy groups -OCH3 is 1. The Morgan fingerprint density at radius 1 is 1.19 bits per heavy atom. The van der Waals surface area contributed by atoms with Crippen LogP contribution in [-0.2, 0) is 4.74 Å². The number of rotatable bonds is 7. The van der Waals surface area contributed by atoms with E-state index in [0.717, 1.165) is 0 Å². The topological polar surface area (TPSA) is 91.8 Å². The summed E-state index contributed by atoms with van der Waals surface area (Å²) >= 11 is 18.2. The first-order valence-electron chi connectivity index (χ1n) is 7.65. The van der Waals surface area contributed by atoms with Gasteiger partial charge in [0, 0.05) is 20.7 Å². The minimum Gasteiger partial charge on any atom is -0.478 e. The summed E-state index contributed by atoms with van der Waals surface area (Å²) in [7, 11) is 3.39. The lowest BCUT2D eigenvalue weighted by molar-refractivity contribution is 0.0696. The fourth-order valence-electron chi connectivity index (χ4n) is 2.14. The number of ether oxygens (including phenoxy) is 1. The van der Waals surface area contributed by atoms with Gasteiger partial charge in [-0.05, 0) is 24.3 Å². The molecule has 0 aliphatic carbocycles. The van der Waals surface area contributed by atoms with Crippen molar-refractivity contribution in [1.29, 1.82) is 0 Å². The lowest BCUT2D eigenvalue weighted by Gasteiger charge is -2.18. The largest absolute Gasteiger partial charge is 0.478 e. The molecule has 0 bridgehead atoms. The average Bonchev–Trinajstić information content (AvgIpc) is 2.62. The molecule has 2 N–H and O–H groups in total. The van der Waals surface area contributed by atoms with Gasteiger partial charge in [-0.25, -0.2) is 9.78 Å². The van der Waals surface area contributed by atoms with E-state index >= 15 is 0 Å². The van der Waals surface area contributed by atoms with Gasteiger partial charge in [0.25, 0.3) is 5.91 Å². The minimum atomic E-state index is -1.19. The van der Waals surface area contributed by atoms with Crippen LogP contribution >= 0.6 is 34.8 Å². The van der Waals surface area contributed by atoms with Crippen LogP contribution in [0.25, 0.3) is 0 Å². The maximum atomic E-state index is 12.6. The van der Waals surface area contributed by atoms with Gasteiger partial charge in [0.05, 0.1) is 32.9 Å². The monoisotopic (exact) mass is 431 g/mol. The summed E-state index contributed by atoms with van der Waals surface area (Å²) in [5.74, 6) is -1.29. The highest BCUT2D eigenvalue weighted by Crippen LogP contribution is 2.32. The van der Waals surface area contributed by atoms with E-state index in [2.05, 4.69) is 10.3 Å². The molecule has 1 aromatic heterocycles. The molecule has 0 aliphatic heterocycles. The number of pyridine rings is 1. The smallest absolute Gasteiger partial charge is 0.335 e. The summed E-state index contributed by atoms with van der Waals surface area (Å²) in [4.78, 5) is 29.7. The molecule has 0 aliphatic rings. The van der Waals surface area contributed by atoms with Crippen LogP contribution in [0.15, 0.2) is 24.3 Å². The standard InChI is InChI=1S/C17H16Cl3N3O4/c1-23(5-6-27-2)13-4-3-10(18)15(21-13)16(24)22-14-11(19)7-9(17(25)26)8-12(14)20/h3-4,7-8H,5-6H2,1-2H3,(H,22,24)(H,25,26). The van der Waals surface area contributed by atoms with Crippen molar-refractivity contribution in [3.8, 4) is 0 Å². The molecule has 1 aromatic carbocycles. The number of halogens is 3. The van der Waals surface area contributed by atoms with Gasteiger partial charge in [-0.1, -0.05) is 34.8 Å². The van der Waals surface area contributed by atoms with E-state index in [1.54, 1.807) is 31.2 Å². The van der Waals surface area contributed by atoms with Gasteiger partial charge in [-0.15, -0.1) is 0 Å². The van der Waals surface area contributed by atoms with Crippen LogP contribution < -0.4 is 10.2 Å². The first kappa shape index (κ1) is 21.2. The Balaban J connectivity index is 2.29. The molecule has 2 rings (SSSR count). The molecule has 0 spiro atoms. The molecule has 27 heavy (non-hydrogen) atoms. The summed E-state index contributed by atoms with van der Waals surface area (Å²) in [6.45, 7) is 1.06. The SMILES string of the molecule is COCCN(C)c1ccc(Cl)c(C(=O)Nc2c(Cl)cc(C(=O)O)cc2Cl)n1. The predicted octanol–water partition coefficient (Wildman–Crippen LogP) is 4.07. The summed E-state index contributed by atoms with van der Waals surface area (Å²) in [6, 6.07) is 5.61. The molecular formula is C17H16Cl3N3O4. The van der Waals surface area contributed by atoms with E-state index in [0.29, 0.717) is 19.0 Å². The third-order valence-corrected chi connectivity index (χ3v) is 4.50. The zero-order valence-corrected chi connectivity index (χ0v) is 16.7. The van der Waals surface area contributed by atoms with E-state index in [4.69, 9.17) is 44.6 Å². The number of aromatic nitrogens is 1. The second kappa shape index (κ2) is 9.23. The Hall–Kier alpha value is -2.06. The number of likely N-dealkylation sites (N-methyl/N-ethyl adjacent to an activating group) is 1. The minimum absolute atomic E-state index is 0.0160. The quantitative estimate of drug-likeness (QED) is 0.685. The third kappa shape index (κ3) is 5.23. The van der Waals surface area contributed by atoms with Gasteiger partial charge in [0.15, 0.2) is 0 Å². The molecule has 0 unspecified atom stereocenters. The maximum Gasteiger partial charge on any atom is 0.335 e. The fourth-order valence-corrected chi connectivity index (χ4v) is 2.91. The van der Waals surface area contributed by atoms with Crippen molar-refractivity contribution in [3.05, 3.63) is 50.6 Å². The van der Waals surface area contributed by atoms with Crippen LogP contribution in [0.5, 0.6) is 0 Å². The zero-order chi connectivity index (χ0) is 20.1. The van der Waals surface area contributed by atoms with Gasteiger partial charge < -0.3 is 20.1 Å². The van der Waals surface area contributed by atoms with Gasteiger partial charge in [-0.2, -0.15) is 0 Å². The number of hydrogen-bond acceptors (Lipinski definition) is 5. The summed E-state index contributed by atoms with van der Waals surface area (Å²) < 4.78 is 5.02. The molecule has 1 heterocycles. The summed E-state index contributed by atoms with van der Waals surface area (Å²) in [6.07, 6.45) is 0. The number of nitrogens with zero attached hydrogens (tertiary/aromatic N) is 2. The number of hydrogen-bond donors (Lipinski definition) is 2. The van der Waals surface area contributed by atoms with Crippen molar-refractivity contribution in [2.45, 2.75) is 0 Å². The van der Waals surface area contributed by atoms with Crippen LogP contribution in [0.3, 0.4) is 0 Å². The van der Waals surface area contributed by atoms with Gasteiger partial charge in [-0.3, -0.25) is 4.79 Å². The summed E-state index contributed by atoms with van der Waals surface area (Å²) in [5.41, 5.74) is -0.0434. The Kier molecular flexibility index (Phi) is 7.26. The van der Waals surface area contributed by atoms with E-state index in [1.165, 1.54) is 12.1 Å². The lowest BCUT2D eigenvalue weighted by Crippen LogP contribution is -2.24. The molecule has 144 valence electrons. The fraction of sp³-hybridized carbons (Fsp3) is 0.235. The Labute approximate surface area is 170 Å². The number of anilines is 2. The second-order valence-electron chi connectivity index (χ2n) is 5.49.